The number of nitrogens with zero attached hydrogens (tertiary/aromatic N) is 2. The van der Waals surface area contributed by atoms with Gasteiger partial charge in [0.1, 0.15) is 11.6 Å². The van der Waals surface area contributed by atoms with Gasteiger partial charge in [-0.05, 0) is 23.8 Å². The summed E-state index contributed by atoms with van der Waals surface area (Å²) in [6, 6.07) is 9.94. The molecule has 0 aromatic heterocycles. The number of nitrogens with one attached hydrogen (secondary N) is 1. The number of benzene rings is 2. The molecule has 0 bridgehead atoms. The Morgan fingerprint density at radius 1 is 1.25 bits per heavy atom. The van der Waals surface area contributed by atoms with Gasteiger partial charge in [-0.15, -0.1) is 0 Å². The topological polar surface area (TPSA) is 58.4 Å². The first-order valence-electron chi connectivity index (χ1n) is 7.68. The van der Waals surface area contributed by atoms with Crippen LogP contribution in [0.2, 0.25) is 0 Å². The summed E-state index contributed by atoms with van der Waals surface area (Å²) in [6.45, 7) is 1.96. The van der Waals surface area contributed by atoms with Crippen LogP contribution in [0.15, 0.2) is 42.5 Å². The lowest BCUT2D eigenvalue weighted by Crippen LogP contribution is -2.45. The van der Waals surface area contributed by atoms with E-state index in [1.807, 2.05) is 11.0 Å². The van der Waals surface area contributed by atoms with Crippen molar-refractivity contribution in [3.8, 4) is 0 Å². The zero-order valence-corrected chi connectivity index (χ0v) is 12.9. The monoisotopic (exact) mass is 333 g/mol. The molecule has 1 unspecified atom stereocenters. The first-order valence-corrected chi connectivity index (χ1v) is 7.68. The van der Waals surface area contributed by atoms with Gasteiger partial charge in [0.15, 0.2) is 0 Å². The lowest BCUT2D eigenvalue weighted by molar-refractivity contribution is -0.386. The molecule has 1 fully saturated rings. The maximum Gasteiger partial charge on any atom is 0.276 e. The van der Waals surface area contributed by atoms with Gasteiger partial charge in [0.25, 0.3) is 5.69 Å². The van der Waals surface area contributed by atoms with Crippen LogP contribution in [-0.4, -0.2) is 29.5 Å². The summed E-state index contributed by atoms with van der Waals surface area (Å²) in [5.41, 5.74) is 0.596. The van der Waals surface area contributed by atoms with Crippen LogP contribution in [-0.2, 0) is 6.54 Å². The highest BCUT2D eigenvalue weighted by atomic mass is 19.1. The quantitative estimate of drug-likeness (QED) is 0.690. The van der Waals surface area contributed by atoms with E-state index in [9.17, 15) is 18.9 Å². The van der Waals surface area contributed by atoms with Crippen LogP contribution in [0, 0.1) is 21.7 Å². The van der Waals surface area contributed by atoms with Crippen LogP contribution in [0.25, 0.3) is 0 Å². The third kappa shape index (κ3) is 3.42. The molecule has 2 aromatic rings. The Hall–Kier alpha value is -2.38. The van der Waals surface area contributed by atoms with Crippen LogP contribution in [0.1, 0.15) is 17.2 Å². The minimum absolute atomic E-state index is 0.0609. The SMILES string of the molecule is O=[N+]([O-])c1cccc(F)c1CN1CCNCC1c1cccc(F)c1. The van der Waals surface area contributed by atoms with Crippen molar-refractivity contribution in [3.63, 3.8) is 0 Å². The summed E-state index contributed by atoms with van der Waals surface area (Å²) in [7, 11) is 0. The van der Waals surface area contributed by atoms with Crippen molar-refractivity contribution < 1.29 is 13.7 Å². The number of piperazine rings is 1. The highest BCUT2D eigenvalue weighted by Crippen LogP contribution is 2.29. The Morgan fingerprint density at radius 3 is 2.79 bits per heavy atom. The molecule has 7 heteroatoms. The van der Waals surface area contributed by atoms with Crippen molar-refractivity contribution in [1.82, 2.24) is 10.2 Å². The predicted octanol–water partition coefficient (Wildman–Crippen LogP) is 3.02. The van der Waals surface area contributed by atoms with Crippen molar-refractivity contribution in [3.05, 3.63) is 75.3 Å². The number of nitro benzene ring substituents is 1. The Morgan fingerprint density at radius 2 is 2.04 bits per heavy atom. The molecule has 0 spiro atoms. The van der Waals surface area contributed by atoms with E-state index < -0.39 is 10.7 Å². The molecule has 0 amide bonds. The van der Waals surface area contributed by atoms with Crippen molar-refractivity contribution in [2.75, 3.05) is 19.6 Å². The van der Waals surface area contributed by atoms with Gasteiger partial charge in [-0.3, -0.25) is 15.0 Å². The molecule has 24 heavy (non-hydrogen) atoms. The highest BCUT2D eigenvalue weighted by Gasteiger charge is 2.28. The molecular weight excluding hydrogens is 316 g/mol. The van der Waals surface area contributed by atoms with Gasteiger partial charge in [-0.2, -0.15) is 0 Å². The smallest absolute Gasteiger partial charge is 0.276 e. The number of hydrogen-bond donors (Lipinski definition) is 1. The van der Waals surface area contributed by atoms with E-state index in [0.29, 0.717) is 19.6 Å². The molecule has 1 aliphatic heterocycles. The molecule has 0 radical (unpaired) electrons. The van der Waals surface area contributed by atoms with Gasteiger partial charge in [0.2, 0.25) is 0 Å². The van der Waals surface area contributed by atoms with Crippen LogP contribution in [0.4, 0.5) is 14.5 Å². The average Bonchev–Trinajstić information content (AvgIpc) is 2.57. The van der Waals surface area contributed by atoms with Crippen LogP contribution >= 0.6 is 0 Å². The number of halogens is 2. The second kappa shape index (κ2) is 7.02. The minimum Gasteiger partial charge on any atom is -0.314 e. The summed E-state index contributed by atoms with van der Waals surface area (Å²) in [5.74, 6) is -0.935. The standard InChI is InChI=1S/C17H17F2N3O2/c18-13-4-1-3-12(9-13)17-10-20-7-8-21(17)11-14-15(19)5-2-6-16(14)22(23)24/h1-6,9,17,20H,7-8,10-11H2. The Kier molecular flexibility index (Phi) is 4.82. The fraction of sp³-hybridized carbons (Fsp3) is 0.294. The Bertz CT molecular complexity index is 754. The van der Waals surface area contributed by atoms with Crippen LogP contribution in [0.5, 0.6) is 0 Å². The summed E-state index contributed by atoms with van der Waals surface area (Å²) >= 11 is 0. The second-order valence-corrected chi connectivity index (χ2v) is 5.74. The van der Waals surface area contributed by atoms with E-state index in [2.05, 4.69) is 5.32 Å². The van der Waals surface area contributed by atoms with E-state index in [4.69, 9.17) is 0 Å². The molecule has 1 saturated heterocycles. The van der Waals surface area contributed by atoms with Crippen LogP contribution in [0.3, 0.4) is 0 Å². The molecule has 3 rings (SSSR count). The Balaban J connectivity index is 1.92. The molecule has 0 aliphatic carbocycles. The summed E-state index contributed by atoms with van der Waals surface area (Å²) < 4.78 is 27.7. The molecule has 126 valence electrons. The van der Waals surface area contributed by atoms with Gasteiger partial charge in [0, 0.05) is 38.3 Å². The van der Waals surface area contributed by atoms with E-state index in [1.165, 1.54) is 30.3 Å². The molecule has 1 atom stereocenters. The average molecular weight is 333 g/mol. The van der Waals surface area contributed by atoms with Crippen molar-refractivity contribution in [2.24, 2.45) is 0 Å². The fourth-order valence-electron chi connectivity index (χ4n) is 3.06. The molecule has 2 aromatic carbocycles. The van der Waals surface area contributed by atoms with Gasteiger partial charge < -0.3 is 5.32 Å². The predicted molar refractivity (Wildman–Crippen MR) is 85.5 cm³/mol. The lowest BCUT2D eigenvalue weighted by atomic mass is 10.0. The molecule has 0 saturated carbocycles. The number of nitro groups is 1. The summed E-state index contributed by atoms with van der Waals surface area (Å²) in [5, 5.41) is 14.4. The number of rotatable bonds is 4. The first kappa shape index (κ1) is 16.5. The number of hydrogen-bond acceptors (Lipinski definition) is 4. The molecule has 1 aliphatic rings. The molecular formula is C17H17F2N3O2. The molecule has 1 heterocycles. The highest BCUT2D eigenvalue weighted by molar-refractivity contribution is 5.41. The van der Waals surface area contributed by atoms with E-state index in [0.717, 1.165) is 5.56 Å². The minimum atomic E-state index is -0.597. The largest absolute Gasteiger partial charge is 0.314 e. The first-order chi connectivity index (χ1) is 11.6. The molecule has 1 N–H and O–H groups in total. The fourth-order valence-corrected chi connectivity index (χ4v) is 3.06. The van der Waals surface area contributed by atoms with Crippen LogP contribution < -0.4 is 5.32 Å². The van der Waals surface area contributed by atoms with Gasteiger partial charge in [0.05, 0.1) is 10.5 Å². The second-order valence-electron chi connectivity index (χ2n) is 5.74. The van der Waals surface area contributed by atoms with E-state index >= 15 is 0 Å². The van der Waals surface area contributed by atoms with E-state index in [1.54, 1.807) is 6.07 Å². The summed E-state index contributed by atoms with van der Waals surface area (Å²) in [4.78, 5) is 12.5. The third-order valence-corrected chi connectivity index (χ3v) is 4.24. The third-order valence-electron chi connectivity index (χ3n) is 4.24. The van der Waals surface area contributed by atoms with Crippen molar-refractivity contribution in [1.29, 1.82) is 0 Å². The van der Waals surface area contributed by atoms with Gasteiger partial charge >= 0.3 is 0 Å². The zero-order valence-electron chi connectivity index (χ0n) is 12.9. The maximum absolute atomic E-state index is 14.2. The van der Waals surface area contributed by atoms with Gasteiger partial charge in [-0.1, -0.05) is 18.2 Å². The van der Waals surface area contributed by atoms with E-state index in [-0.39, 0.29) is 29.7 Å². The van der Waals surface area contributed by atoms with Gasteiger partial charge in [-0.25, -0.2) is 8.78 Å². The lowest BCUT2D eigenvalue weighted by Gasteiger charge is -2.36. The molecule has 5 nitrogen and oxygen atoms in total. The maximum atomic E-state index is 14.2. The Labute approximate surface area is 138 Å². The normalized spacial score (nSPS) is 18.5. The zero-order chi connectivity index (χ0) is 17.1. The summed E-state index contributed by atoms with van der Waals surface area (Å²) in [6.07, 6.45) is 0. The van der Waals surface area contributed by atoms with Crippen molar-refractivity contribution in [2.45, 2.75) is 12.6 Å². The van der Waals surface area contributed by atoms with Crippen molar-refractivity contribution >= 4 is 5.69 Å².